The molecule has 0 fully saturated rings. The van der Waals surface area contributed by atoms with Crippen LogP contribution in [-0.4, -0.2) is 11.6 Å². The molecular formula is C18H26N4. The molecule has 0 bridgehead atoms. The SMILES string of the molecule is CCCN(Cc1cccc(N)c1)NCc1cc(N)ccc1C. The van der Waals surface area contributed by atoms with Crippen molar-refractivity contribution in [1.82, 2.24) is 10.4 Å². The number of nitrogens with zero attached hydrogens (tertiary/aromatic N) is 1. The molecule has 4 heteroatoms. The number of nitrogens with one attached hydrogen (secondary N) is 1. The Morgan fingerprint density at radius 1 is 1.05 bits per heavy atom. The first-order chi connectivity index (χ1) is 10.6. The first-order valence-corrected chi connectivity index (χ1v) is 7.76. The molecule has 0 aromatic heterocycles. The monoisotopic (exact) mass is 298 g/mol. The van der Waals surface area contributed by atoms with E-state index in [1.165, 1.54) is 16.7 Å². The molecule has 0 radical (unpaired) electrons. The van der Waals surface area contributed by atoms with E-state index < -0.39 is 0 Å². The fraction of sp³-hybridized carbons (Fsp3) is 0.333. The molecule has 0 saturated heterocycles. The Bertz CT molecular complexity index is 610. The maximum Gasteiger partial charge on any atom is 0.0382 e. The van der Waals surface area contributed by atoms with Crippen LogP contribution in [0.25, 0.3) is 0 Å². The van der Waals surface area contributed by atoms with Crippen LogP contribution in [-0.2, 0) is 13.1 Å². The first kappa shape index (κ1) is 16.3. The largest absolute Gasteiger partial charge is 0.399 e. The number of aryl methyl sites for hydroxylation is 1. The predicted octanol–water partition coefficient (Wildman–Crippen LogP) is 3.08. The number of rotatable bonds is 7. The van der Waals surface area contributed by atoms with E-state index in [9.17, 15) is 0 Å². The highest BCUT2D eigenvalue weighted by Gasteiger charge is 2.06. The smallest absolute Gasteiger partial charge is 0.0382 e. The number of nitrogen functional groups attached to an aromatic ring is 2. The molecule has 0 heterocycles. The van der Waals surface area contributed by atoms with Gasteiger partial charge in [0.1, 0.15) is 0 Å². The number of hydrazine groups is 1. The second kappa shape index (κ2) is 7.82. The average molecular weight is 298 g/mol. The molecule has 0 amide bonds. The van der Waals surface area contributed by atoms with Crippen LogP contribution in [0.3, 0.4) is 0 Å². The molecular weight excluding hydrogens is 272 g/mol. The molecule has 0 aliphatic rings. The third-order valence-corrected chi connectivity index (χ3v) is 3.68. The summed E-state index contributed by atoms with van der Waals surface area (Å²) >= 11 is 0. The van der Waals surface area contributed by atoms with Crippen molar-refractivity contribution in [3.8, 4) is 0 Å². The van der Waals surface area contributed by atoms with Crippen molar-refractivity contribution in [1.29, 1.82) is 0 Å². The van der Waals surface area contributed by atoms with Crippen LogP contribution in [0.15, 0.2) is 42.5 Å². The maximum absolute atomic E-state index is 5.88. The highest BCUT2D eigenvalue weighted by Crippen LogP contribution is 2.13. The zero-order chi connectivity index (χ0) is 15.9. The van der Waals surface area contributed by atoms with Crippen LogP contribution in [0.4, 0.5) is 11.4 Å². The van der Waals surface area contributed by atoms with E-state index >= 15 is 0 Å². The summed E-state index contributed by atoms with van der Waals surface area (Å²) in [5, 5.41) is 2.23. The van der Waals surface area contributed by atoms with Gasteiger partial charge in [0.05, 0.1) is 0 Å². The summed E-state index contributed by atoms with van der Waals surface area (Å²) in [4.78, 5) is 0. The van der Waals surface area contributed by atoms with Gasteiger partial charge in [0.15, 0.2) is 0 Å². The van der Waals surface area contributed by atoms with E-state index in [1.807, 2.05) is 30.3 Å². The summed E-state index contributed by atoms with van der Waals surface area (Å²) in [5.74, 6) is 0. The average Bonchev–Trinajstić information content (AvgIpc) is 2.48. The Hall–Kier alpha value is -2.04. The number of anilines is 2. The van der Waals surface area contributed by atoms with Crippen LogP contribution < -0.4 is 16.9 Å². The lowest BCUT2D eigenvalue weighted by Gasteiger charge is -2.23. The van der Waals surface area contributed by atoms with Crippen molar-refractivity contribution in [2.24, 2.45) is 0 Å². The number of hydrogen-bond acceptors (Lipinski definition) is 4. The minimum Gasteiger partial charge on any atom is -0.399 e. The van der Waals surface area contributed by atoms with Gasteiger partial charge in [-0.3, -0.25) is 5.43 Å². The van der Waals surface area contributed by atoms with Gasteiger partial charge < -0.3 is 11.5 Å². The van der Waals surface area contributed by atoms with E-state index in [2.05, 4.69) is 36.4 Å². The Balaban J connectivity index is 2.01. The van der Waals surface area contributed by atoms with Gasteiger partial charge in [-0.25, -0.2) is 5.01 Å². The topological polar surface area (TPSA) is 67.3 Å². The Labute approximate surface area is 133 Å². The molecule has 2 rings (SSSR count). The zero-order valence-corrected chi connectivity index (χ0v) is 13.5. The standard InChI is InChI=1S/C18H26N4/c1-3-9-22(13-15-5-4-6-17(19)10-15)21-12-16-11-18(20)8-7-14(16)2/h4-8,10-11,21H,3,9,12-13,19-20H2,1-2H3. The van der Waals surface area contributed by atoms with Crippen LogP contribution >= 0.6 is 0 Å². The fourth-order valence-electron chi connectivity index (χ4n) is 2.47. The Morgan fingerprint density at radius 3 is 2.55 bits per heavy atom. The van der Waals surface area contributed by atoms with Crippen molar-refractivity contribution in [3.05, 3.63) is 59.2 Å². The van der Waals surface area contributed by atoms with E-state index in [0.29, 0.717) is 0 Å². The molecule has 5 N–H and O–H groups in total. The quantitative estimate of drug-likeness (QED) is 0.543. The van der Waals surface area contributed by atoms with Crippen LogP contribution in [0.1, 0.15) is 30.0 Å². The van der Waals surface area contributed by atoms with E-state index in [1.54, 1.807) is 0 Å². The van der Waals surface area contributed by atoms with Gasteiger partial charge in [0, 0.05) is 31.0 Å². The normalized spacial score (nSPS) is 11.0. The van der Waals surface area contributed by atoms with Crippen molar-refractivity contribution in [2.75, 3.05) is 18.0 Å². The zero-order valence-electron chi connectivity index (χ0n) is 13.5. The summed E-state index contributed by atoms with van der Waals surface area (Å²) in [6.07, 6.45) is 1.09. The number of nitrogens with two attached hydrogens (primary N) is 2. The molecule has 0 saturated carbocycles. The fourth-order valence-corrected chi connectivity index (χ4v) is 2.47. The summed E-state index contributed by atoms with van der Waals surface area (Å²) < 4.78 is 0. The number of benzene rings is 2. The van der Waals surface area contributed by atoms with Crippen LogP contribution in [0, 0.1) is 6.92 Å². The lowest BCUT2D eigenvalue weighted by atomic mass is 10.1. The highest BCUT2D eigenvalue weighted by atomic mass is 15.5. The molecule has 0 spiro atoms. The molecule has 118 valence electrons. The van der Waals surface area contributed by atoms with Crippen molar-refractivity contribution >= 4 is 11.4 Å². The molecule has 4 nitrogen and oxygen atoms in total. The lowest BCUT2D eigenvalue weighted by molar-refractivity contribution is 0.174. The van der Waals surface area contributed by atoms with Gasteiger partial charge in [0.2, 0.25) is 0 Å². The molecule has 0 aliphatic carbocycles. The minimum absolute atomic E-state index is 0.777. The van der Waals surface area contributed by atoms with Crippen molar-refractivity contribution < 1.29 is 0 Å². The molecule has 0 atom stereocenters. The third kappa shape index (κ3) is 4.76. The third-order valence-electron chi connectivity index (χ3n) is 3.68. The highest BCUT2D eigenvalue weighted by molar-refractivity contribution is 5.44. The molecule has 0 aliphatic heterocycles. The molecule has 0 unspecified atom stereocenters. The first-order valence-electron chi connectivity index (χ1n) is 7.76. The van der Waals surface area contributed by atoms with E-state index in [4.69, 9.17) is 11.5 Å². The number of hydrogen-bond donors (Lipinski definition) is 3. The van der Waals surface area contributed by atoms with Crippen molar-refractivity contribution in [3.63, 3.8) is 0 Å². The van der Waals surface area contributed by atoms with Crippen LogP contribution in [0.2, 0.25) is 0 Å². The Morgan fingerprint density at radius 2 is 1.82 bits per heavy atom. The maximum atomic E-state index is 5.88. The second-order valence-corrected chi connectivity index (χ2v) is 5.69. The van der Waals surface area contributed by atoms with Gasteiger partial charge in [0.25, 0.3) is 0 Å². The lowest BCUT2D eigenvalue weighted by Crippen LogP contribution is -2.37. The second-order valence-electron chi connectivity index (χ2n) is 5.69. The molecule has 2 aromatic rings. The molecule has 22 heavy (non-hydrogen) atoms. The summed E-state index contributed by atoms with van der Waals surface area (Å²) in [5.41, 5.74) is 20.6. The van der Waals surface area contributed by atoms with E-state index in [-0.39, 0.29) is 0 Å². The van der Waals surface area contributed by atoms with E-state index in [0.717, 1.165) is 37.4 Å². The van der Waals surface area contributed by atoms with Gasteiger partial charge in [-0.05, 0) is 54.3 Å². The minimum atomic E-state index is 0.777. The summed E-state index contributed by atoms with van der Waals surface area (Å²) in [7, 11) is 0. The van der Waals surface area contributed by atoms with Gasteiger partial charge in [-0.15, -0.1) is 0 Å². The Kier molecular flexibility index (Phi) is 5.81. The molecule has 2 aromatic carbocycles. The van der Waals surface area contributed by atoms with Crippen molar-refractivity contribution in [2.45, 2.75) is 33.4 Å². The summed E-state index contributed by atoms with van der Waals surface area (Å²) in [6.45, 7) is 6.88. The van der Waals surface area contributed by atoms with Gasteiger partial charge in [-0.1, -0.05) is 25.1 Å². The van der Waals surface area contributed by atoms with Crippen LogP contribution in [0.5, 0.6) is 0 Å². The van der Waals surface area contributed by atoms with Gasteiger partial charge >= 0.3 is 0 Å². The summed E-state index contributed by atoms with van der Waals surface area (Å²) in [6, 6.07) is 14.1. The predicted molar refractivity (Wildman–Crippen MR) is 94.0 cm³/mol. The van der Waals surface area contributed by atoms with Gasteiger partial charge in [-0.2, -0.15) is 0 Å².